The number of hydrogen-bond donors (Lipinski definition) is 1. The highest BCUT2D eigenvalue weighted by atomic mass is 35.5. The molecule has 1 N–H and O–H groups in total. The van der Waals surface area contributed by atoms with Crippen LogP contribution in [0.4, 0.5) is 0 Å². The summed E-state index contributed by atoms with van der Waals surface area (Å²) in [4.78, 5) is 0. The maximum absolute atomic E-state index is 8.93. The zero-order valence-corrected chi connectivity index (χ0v) is 15.4. The van der Waals surface area contributed by atoms with E-state index < -0.39 is 0 Å². The SMILES string of the molecule is N#Cc1cccc(COc2ccc(/C=N\NCc3ccccc3Cl)cc2)c1. The lowest BCUT2D eigenvalue weighted by Gasteiger charge is -2.07. The van der Waals surface area contributed by atoms with E-state index >= 15 is 0 Å². The Morgan fingerprint density at radius 2 is 1.85 bits per heavy atom. The summed E-state index contributed by atoms with van der Waals surface area (Å²) < 4.78 is 5.76. The van der Waals surface area contributed by atoms with Crippen molar-refractivity contribution in [2.75, 3.05) is 0 Å². The molecule has 3 aromatic rings. The average Bonchev–Trinajstić information content (AvgIpc) is 2.72. The van der Waals surface area contributed by atoms with Crippen molar-refractivity contribution in [2.45, 2.75) is 13.2 Å². The molecule has 0 aliphatic rings. The van der Waals surface area contributed by atoms with Crippen molar-refractivity contribution in [3.8, 4) is 11.8 Å². The molecule has 4 nitrogen and oxygen atoms in total. The lowest BCUT2D eigenvalue weighted by atomic mass is 10.1. The first-order valence-electron chi connectivity index (χ1n) is 8.46. The molecule has 0 bridgehead atoms. The van der Waals surface area contributed by atoms with Gasteiger partial charge in [0.2, 0.25) is 0 Å². The second kappa shape index (κ2) is 9.42. The molecule has 0 atom stereocenters. The van der Waals surface area contributed by atoms with Crippen molar-refractivity contribution in [2.24, 2.45) is 5.10 Å². The van der Waals surface area contributed by atoms with Crippen molar-refractivity contribution in [1.29, 1.82) is 5.26 Å². The Balaban J connectivity index is 1.49. The molecule has 0 saturated carbocycles. The van der Waals surface area contributed by atoms with Gasteiger partial charge in [0.25, 0.3) is 0 Å². The molecule has 0 heterocycles. The first kappa shape index (κ1) is 18.5. The minimum Gasteiger partial charge on any atom is -0.489 e. The molecule has 0 radical (unpaired) electrons. The zero-order chi connectivity index (χ0) is 18.9. The van der Waals surface area contributed by atoms with Gasteiger partial charge in [0, 0.05) is 5.02 Å². The van der Waals surface area contributed by atoms with Gasteiger partial charge in [0.15, 0.2) is 0 Å². The molecule has 0 unspecified atom stereocenters. The minimum absolute atomic E-state index is 0.419. The molecule has 3 rings (SSSR count). The predicted octanol–water partition coefficient (Wildman–Crippen LogP) is 4.91. The Morgan fingerprint density at radius 3 is 2.63 bits per heavy atom. The van der Waals surface area contributed by atoms with E-state index in [1.165, 1.54) is 0 Å². The van der Waals surface area contributed by atoms with Crippen molar-refractivity contribution in [3.05, 3.63) is 100 Å². The summed E-state index contributed by atoms with van der Waals surface area (Å²) in [5.74, 6) is 0.763. The van der Waals surface area contributed by atoms with E-state index in [1.807, 2.05) is 66.7 Å². The van der Waals surface area contributed by atoms with Gasteiger partial charge in [-0.1, -0.05) is 41.9 Å². The molecule has 0 aliphatic carbocycles. The topological polar surface area (TPSA) is 57.4 Å². The first-order valence-corrected chi connectivity index (χ1v) is 8.83. The molecule has 0 aliphatic heterocycles. The van der Waals surface area contributed by atoms with Gasteiger partial charge in [0.1, 0.15) is 12.4 Å². The predicted molar refractivity (Wildman–Crippen MR) is 108 cm³/mol. The van der Waals surface area contributed by atoms with Crippen LogP contribution in [0.2, 0.25) is 5.02 Å². The van der Waals surface area contributed by atoms with Gasteiger partial charge in [-0.15, -0.1) is 0 Å². The third-order valence-corrected chi connectivity index (χ3v) is 4.24. The highest BCUT2D eigenvalue weighted by molar-refractivity contribution is 6.31. The molecule has 134 valence electrons. The number of nitrogens with zero attached hydrogens (tertiary/aromatic N) is 2. The van der Waals surface area contributed by atoms with Gasteiger partial charge in [-0.25, -0.2) is 0 Å². The molecule has 0 saturated heterocycles. The summed E-state index contributed by atoms with van der Waals surface area (Å²) in [5, 5.41) is 13.9. The van der Waals surface area contributed by atoms with Crippen LogP contribution in [-0.4, -0.2) is 6.21 Å². The smallest absolute Gasteiger partial charge is 0.119 e. The second-order valence-corrected chi connectivity index (χ2v) is 6.26. The Labute approximate surface area is 163 Å². The van der Waals surface area contributed by atoms with Gasteiger partial charge in [-0.3, -0.25) is 0 Å². The number of ether oxygens (including phenoxy) is 1. The Morgan fingerprint density at radius 1 is 1.04 bits per heavy atom. The number of nitriles is 1. The summed E-state index contributed by atoms with van der Waals surface area (Å²) in [6.07, 6.45) is 1.75. The molecule has 27 heavy (non-hydrogen) atoms. The minimum atomic E-state index is 0.419. The van der Waals surface area contributed by atoms with E-state index in [2.05, 4.69) is 16.6 Å². The molecule has 0 spiro atoms. The van der Waals surface area contributed by atoms with E-state index in [0.717, 1.165) is 27.5 Å². The fourth-order valence-corrected chi connectivity index (χ4v) is 2.64. The number of nitrogens with one attached hydrogen (secondary N) is 1. The summed E-state index contributed by atoms with van der Waals surface area (Å²) in [5.41, 5.74) is 6.54. The number of rotatable bonds is 7. The average molecular weight is 376 g/mol. The Hall–Kier alpha value is -3.29. The van der Waals surface area contributed by atoms with Gasteiger partial charge >= 0.3 is 0 Å². The quantitative estimate of drug-likeness (QED) is 0.471. The molecular weight excluding hydrogens is 358 g/mol. The van der Waals surface area contributed by atoms with Gasteiger partial charge in [-0.2, -0.15) is 10.4 Å². The highest BCUT2D eigenvalue weighted by Gasteiger charge is 1.99. The largest absolute Gasteiger partial charge is 0.489 e. The van der Waals surface area contributed by atoms with Crippen LogP contribution in [0.15, 0.2) is 77.9 Å². The molecule has 3 aromatic carbocycles. The van der Waals surface area contributed by atoms with Crippen LogP contribution in [0.25, 0.3) is 0 Å². The van der Waals surface area contributed by atoms with E-state index in [4.69, 9.17) is 21.6 Å². The molecule has 0 fully saturated rings. The molecular formula is C22H18ClN3O. The Bertz CT molecular complexity index is 962. The molecule has 0 aromatic heterocycles. The summed E-state index contributed by atoms with van der Waals surface area (Å²) in [6, 6.07) is 24.8. The van der Waals surface area contributed by atoms with Crippen LogP contribution in [0, 0.1) is 11.3 Å². The Kier molecular flexibility index (Phi) is 6.45. The highest BCUT2D eigenvalue weighted by Crippen LogP contribution is 2.15. The number of hydrogen-bond acceptors (Lipinski definition) is 4. The van der Waals surface area contributed by atoms with E-state index in [-0.39, 0.29) is 0 Å². The van der Waals surface area contributed by atoms with Gasteiger partial charge in [0.05, 0.1) is 24.4 Å². The number of halogens is 1. The van der Waals surface area contributed by atoms with Crippen LogP contribution in [0.3, 0.4) is 0 Å². The van der Waals surface area contributed by atoms with Crippen LogP contribution in [0.5, 0.6) is 5.75 Å². The molecule has 5 heteroatoms. The van der Waals surface area contributed by atoms with Gasteiger partial charge < -0.3 is 10.2 Å². The zero-order valence-electron chi connectivity index (χ0n) is 14.6. The normalized spacial score (nSPS) is 10.5. The maximum Gasteiger partial charge on any atom is 0.119 e. The first-order chi connectivity index (χ1) is 13.2. The van der Waals surface area contributed by atoms with E-state index in [1.54, 1.807) is 12.3 Å². The third-order valence-electron chi connectivity index (χ3n) is 3.87. The van der Waals surface area contributed by atoms with Crippen molar-refractivity contribution in [1.82, 2.24) is 5.43 Å². The summed E-state index contributed by atoms with van der Waals surface area (Å²) >= 11 is 6.11. The van der Waals surface area contributed by atoms with E-state index in [9.17, 15) is 0 Å². The van der Waals surface area contributed by atoms with E-state index in [0.29, 0.717) is 18.7 Å². The fourth-order valence-electron chi connectivity index (χ4n) is 2.44. The third kappa shape index (κ3) is 5.60. The fraction of sp³-hybridized carbons (Fsp3) is 0.0909. The number of benzene rings is 3. The monoisotopic (exact) mass is 375 g/mol. The van der Waals surface area contributed by atoms with Gasteiger partial charge in [-0.05, 0) is 59.2 Å². The van der Waals surface area contributed by atoms with Crippen LogP contribution in [-0.2, 0) is 13.2 Å². The molecule has 0 amide bonds. The van der Waals surface area contributed by atoms with Crippen molar-refractivity contribution in [3.63, 3.8) is 0 Å². The van der Waals surface area contributed by atoms with Crippen LogP contribution >= 0.6 is 11.6 Å². The van der Waals surface area contributed by atoms with Crippen molar-refractivity contribution >= 4 is 17.8 Å². The van der Waals surface area contributed by atoms with Crippen LogP contribution < -0.4 is 10.2 Å². The van der Waals surface area contributed by atoms with Crippen molar-refractivity contribution < 1.29 is 4.74 Å². The van der Waals surface area contributed by atoms with Crippen LogP contribution in [0.1, 0.15) is 22.3 Å². The second-order valence-electron chi connectivity index (χ2n) is 5.85. The maximum atomic E-state index is 8.93. The summed E-state index contributed by atoms with van der Waals surface area (Å²) in [7, 11) is 0. The standard InChI is InChI=1S/C22H18ClN3O/c23-22-7-2-1-6-20(22)15-26-25-14-17-8-10-21(11-9-17)27-16-19-5-3-4-18(12-19)13-24/h1-12,14,26H,15-16H2/b25-14-. The summed E-state index contributed by atoms with van der Waals surface area (Å²) in [6.45, 7) is 0.988. The number of hydrazone groups is 1. The lowest BCUT2D eigenvalue weighted by molar-refractivity contribution is 0.306. The lowest BCUT2D eigenvalue weighted by Crippen LogP contribution is -2.05.